The van der Waals surface area contributed by atoms with Gasteiger partial charge in [-0.05, 0) is 43.7 Å². The highest BCUT2D eigenvalue weighted by Crippen LogP contribution is 2.38. The highest BCUT2D eigenvalue weighted by atomic mass is 19.4. The van der Waals surface area contributed by atoms with E-state index in [2.05, 4.69) is 25.4 Å². The van der Waals surface area contributed by atoms with Gasteiger partial charge in [0.15, 0.2) is 5.82 Å². The highest BCUT2D eigenvalue weighted by molar-refractivity contribution is 5.82. The molecule has 1 aliphatic rings. The molecule has 0 saturated heterocycles. The Kier molecular flexibility index (Phi) is 7.40. The molecular formula is C25H22F6N8O2. The Balaban J connectivity index is 1.33. The lowest BCUT2D eigenvalue weighted by atomic mass is 10.1. The number of aromatic nitrogens is 6. The van der Waals surface area contributed by atoms with E-state index in [1.54, 1.807) is 5.10 Å². The van der Waals surface area contributed by atoms with E-state index in [4.69, 9.17) is 5.73 Å². The second-order valence-electron chi connectivity index (χ2n) is 9.64. The molecule has 5 rings (SSSR count). The van der Waals surface area contributed by atoms with Crippen LogP contribution in [0.4, 0.5) is 37.8 Å². The lowest BCUT2D eigenvalue weighted by Crippen LogP contribution is -2.30. The van der Waals surface area contributed by atoms with Gasteiger partial charge >= 0.3 is 6.18 Å². The van der Waals surface area contributed by atoms with Crippen molar-refractivity contribution in [2.45, 2.75) is 50.9 Å². The van der Waals surface area contributed by atoms with Gasteiger partial charge in [0.2, 0.25) is 0 Å². The maximum atomic E-state index is 15.0. The first-order valence-corrected chi connectivity index (χ1v) is 12.4. The Morgan fingerprint density at radius 3 is 2.56 bits per heavy atom. The van der Waals surface area contributed by atoms with Crippen molar-refractivity contribution >= 4 is 22.4 Å². The number of fused-ring (bicyclic) bond motifs is 1. The number of aromatic amines is 1. The second-order valence-corrected chi connectivity index (χ2v) is 9.64. The number of aryl methyl sites for hydroxylation is 1. The van der Waals surface area contributed by atoms with Crippen molar-refractivity contribution in [2.24, 2.45) is 5.92 Å². The van der Waals surface area contributed by atoms with E-state index < -0.39 is 58.2 Å². The molecule has 0 aliphatic heterocycles. The van der Waals surface area contributed by atoms with Crippen molar-refractivity contribution in [1.29, 1.82) is 0 Å². The van der Waals surface area contributed by atoms with Crippen LogP contribution in [0.3, 0.4) is 0 Å². The van der Waals surface area contributed by atoms with Crippen LogP contribution >= 0.6 is 0 Å². The molecule has 1 aliphatic carbocycles. The van der Waals surface area contributed by atoms with Crippen LogP contribution in [0.1, 0.15) is 43.2 Å². The Labute approximate surface area is 226 Å². The number of nitrogen functional groups attached to an aromatic ring is 1. The number of hydrogen-bond acceptors (Lipinski definition) is 8. The van der Waals surface area contributed by atoms with E-state index in [0.29, 0.717) is 12.8 Å². The van der Waals surface area contributed by atoms with Gasteiger partial charge in [0, 0.05) is 18.8 Å². The predicted molar refractivity (Wildman–Crippen MR) is 136 cm³/mol. The zero-order valence-corrected chi connectivity index (χ0v) is 21.1. The van der Waals surface area contributed by atoms with Crippen molar-refractivity contribution in [1.82, 2.24) is 29.7 Å². The number of halogens is 6. The minimum atomic E-state index is -4.87. The minimum Gasteiger partial charge on any atom is -0.383 e. The van der Waals surface area contributed by atoms with Crippen molar-refractivity contribution in [3.63, 3.8) is 0 Å². The number of nitrogens with two attached hydrogens (primary N) is 1. The molecule has 1 atom stereocenters. The Morgan fingerprint density at radius 2 is 1.90 bits per heavy atom. The molecule has 0 radical (unpaired) electrons. The molecular weight excluding hydrogens is 558 g/mol. The fraction of sp³-hybridized carbons (Fsp3) is 0.360. The molecule has 1 saturated carbocycles. The summed E-state index contributed by atoms with van der Waals surface area (Å²) in [6.07, 6.45) is -2.46. The molecule has 16 heteroatoms. The lowest BCUT2D eigenvalue weighted by molar-refractivity contribution is -0.138. The Morgan fingerprint density at radius 1 is 1.15 bits per heavy atom. The number of rotatable bonds is 9. The fourth-order valence-electron chi connectivity index (χ4n) is 4.61. The van der Waals surface area contributed by atoms with Crippen LogP contribution in [-0.2, 0) is 12.7 Å². The molecule has 4 aromatic rings. The number of H-pyrrole nitrogens is 1. The Bertz CT molecular complexity index is 1720. The van der Waals surface area contributed by atoms with Gasteiger partial charge in [-0.3, -0.25) is 14.2 Å². The standard InChI is InChI=1S/C25H22F6N8O2/c26-15-6-13-17(7-12(15)22-33-8-14(20(27)28)21(32)37-22)34-10-39(24(13)41)5-1-2-16(11-3-4-11)36-18-9-35-38-23(40)19(18)25(29,30)31/h6-11,16,20H,1-5H2,(H2,32,33,37)(H2,36,38,40)/t16-/m1/s1. The molecule has 41 heavy (non-hydrogen) atoms. The molecule has 0 spiro atoms. The van der Waals surface area contributed by atoms with Crippen LogP contribution in [0, 0.1) is 11.7 Å². The van der Waals surface area contributed by atoms with E-state index in [1.807, 2.05) is 0 Å². The van der Waals surface area contributed by atoms with Gasteiger partial charge in [0.05, 0.1) is 40.2 Å². The summed E-state index contributed by atoms with van der Waals surface area (Å²) in [6.45, 7) is 0.143. The zero-order chi connectivity index (χ0) is 29.5. The first kappa shape index (κ1) is 28.0. The largest absolute Gasteiger partial charge is 0.423 e. The SMILES string of the molecule is Nc1nc(-c2cc3ncn(CCC[C@@H](Nc4cn[nH]c(=O)c4C(F)(F)F)C4CC4)c(=O)c3cc2F)ncc1C(F)F. The van der Waals surface area contributed by atoms with Gasteiger partial charge in [-0.2, -0.15) is 18.3 Å². The number of nitrogens with zero attached hydrogens (tertiary/aromatic N) is 5. The van der Waals surface area contributed by atoms with Gasteiger partial charge in [-0.15, -0.1) is 0 Å². The molecule has 1 aromatic carbocycles. The molecule has 0 bridgehead atoms. The molecule has 3 heterocycles. The first-order valence-electron chi connectivity index (χ1n) is 12.4. The van der Waals surface area contributed by atoms with E-state index in [0.717, 1.165) is 31.3 Å². The predicted octanol–water partition coefficient (Wildman–Crippen LogP) is 4.29. The summed E-state index contributed by atoms with van der Waals surface area (Å²) >= 11 is 0. The Hall–Kier alpha value is -4.50. The fourth-order valence-corrected chi connectivity index (χ4v) is 4.61. The maximum Gasteiger partial charge on any atom is 0.423 e. The van der Waals surface area contributed by atoms with Crippen molar-refractivity contribution in [2.75, 3.05) is 11.1 Å². The maximum absolute atomic E-state index is 15.0. The van der Waals surface area contributed by atoms with Crippen LogP contribution < -0.4 is 22.2 Å². The average Bonchev–Trinajstić information content (AvgIpc) is 3.74. The summed E-state index contributed by atoms with van der Waals surface area (Å²) in [7, 11) is 0. The normalized spacial score (nSPS) is 14.5. The number of anilines is 2. The van der Waals surface area contributed by atoms with Crippen LogP contribution in [-0.4, -0.2) is 35.8 Å². The smallest absolute Gasteiger partial charge is 0.383 e. The van der Waals surface area contributed by atoms with E-state index in [-0.39, 0.29) is 34.8 Å². The van der Waals surface area contributed by atoms with Crippen LogP contribution in [0.2, 0.25) is 0 Å². The van der Waals surface area contributed by atoms with Gasteiger partial charge in [-0.25, -0.2) is 33.2 Å². The molecule has 0 unspecified atom stereocenters. The third-order valence-electron chi connectivity index (χ3n) is 6.82. The lowest BCUT2D eigenvalue weighted by Gasteiger charge is -2.21. The van der Waals surface area contributed by atoms with Gasteiger partial charge in [-0.1, -0.05) is 0 Å². The summed E-state index contributed by atoms with van der Waals surface area (Å²) in [5.74, 6) is -1.54. The summed E-state index contributed by atoms with van der Waals surface area (Å²) in [5.41, 5.74) is 1.21. The van der Waals surface area contributed by atoms with Crippen molar-refractivity contribution < 1.29 is 26.3 Å². The molecule has 3 aromatic heterocycles. The number of alkyl halides is 5. The van der Waals surface area contributed by atoms with Gasteiger partial charge < -0.3 is 11.1 Å². The summed E-state index contributed by atoms with van der Waals surface area (Å²) < 4.78 is 82.4. The van der Waals surface area contributed by atoms with Gasteiger partial charge in [0.1, 0.15) is 17.2 Å². The number of hydrogen-bond donors (Lipinski definition) is 3. The molecule has 0 amide bonds. The van der Waals surface area contributed by atoms with Crippen molar-refractivity contribution in [3.05, 3.63) is 68.5 Å². The first-order chi connectivity index (χ1) is 19.4. The highest BCUT2D eigenvalue weighted by Gasteiger charge is 2.39. The average molecular weight is 580 g/mol. The molecule has 10 nitrogen and oxygen atoms in total. The van der Waals surface area contributed by atoms with E-state index in [1.165, 1.54) is 17.0 Å². The summed E-state index contributed by atoms with van der Waals surface area (Å²) in [6, 6.07) is 1.77. The molecule has 4 N–H and O–H groups in total. The number of nitrogens with one attached hydrogen (secondary N) is 2. The molecule has 1 fully saturated rings. The van der Waals surface area contributed by atoms with Crippen LogP contribution in [0.25, 0.3) is 22.3 Å². The van der Waals surface area contributed by atoms with Crippen LogP contribution in [0.5, 0.6) is 0 Å². The van der Waals surface area contributed by atoms with Crippen molar-refractivity contribution in [3.8, 4) is 11.4 Å². The molecule has 216 valence electrons. The number of benzene rings is 1. The summed E-state index contributed by atoms with van der Waals surface area (Å²) in [4.78, 5) is 36.5. The minimum absolute atomic E-state index is 0.0489. The van der Waals surface area contributed by atoms with Crippen LogP contribution in [0.15, 0.2) is 40.4 Å². The second kappa shape index (κ2) is 10.8. The third kappa shape index (κ3) is 5.85. The quantitative estimate of drug-likeness (QED) is 0.249. The van der Waals surface area contributed by atoms with E-state index in [9.17, 15) is 35.9 Å². The third-order valence-corrected chi connectivity index (χ3v) is 6.82. The summed E-state index contributed by atoms with van der Waals surface area (Å²) in [5, 5.41) is 8.04. The zero-order valence-electron chi connectivity index (χ0n) is 21.1. The topological polar surface area (TPSA) is 144 Å². The van der Waals surface area contributed by atoms with Gasteiger partial charge in [0.25, 0.3) is 17.5 Å². The monoisotopic (exact) mass is 580 g/mol. The van der Waals surface area contributed by atoms with E-state index >= 15 is 0 Å².